The van der Waals surface area contributed by atoms with Crippen molar-refractivity contribution in [3.63, 3.8) is 0 Å². The lowest BCUT2D eigenvalue weighted by molar-refractivity contribution is -0.0803. The van der Waals surface area contributed by atoms with Crippen molar-refractivity contribution in [2.24, 2.45) is 5.73 Å². The van der Waals surface area contributed by atoms with Crippen LogP contribution in [0.25, 0.3) is 0 Å². The van der Waals surface area contributed by atoms with Gasteiger partial charge >= 0.3 is 0 Å². The van der Waals surface area contributed by atoms with Gasteiger partial charge in [0.05, 0.1) is 19.3 Å². The minimum absolute atomic E-state index is 0.0166. The maximum Gasteiger partial charge on any atom is 0.122 e. The summed E-state index contributed by atoms with van der Waals surface area (Å²) in [5, 5.41) is 0. The molecule has 0 bridgehead atoms. The van der Waals surface area contributed by atoms with Crippen LogP contribution in [0.5, 0.6) is 0 Å². The largest absolute Gasteiger partial charge is 0.465 e. The molecule has 2 N–H and O–H groups in total. The van der Waals surface area contributed by atoms with E-state index < -0.39 is 0 Å². The number of rotatable bonds is 3. The molecule has 1 fully saturated rings. The normalized spacial score (nSPS) is 23.8. The van der Waals surface area contributed by atoms with Crippen LogP contribution >= 0.6 is 0 Å². The highest BCUT2D eigenvalue weighted by Crippen LogP contribution is 2.33. The van der Waals surface area contributed by atoms with E-state index in [4.69, 9.17) is 14.9 Å². The van der Waals surface area contributed by atoms with Crippen molar-refractivity contribution in [3.8, 4) is 0 Å². The Morgan fingerprint density at radius 2 is 2.11 bits per heavy atom. The quantitative estimate of drug-likeness (QED) is 0.895. The van der Waals surface area contributed by atoms with Gasteiger partial charge in [-0.1, -0.05) is 0 Å². The predicted octanol–water partition coefficient (Wildman–Crippen LogP) is 2.09. The standard InChI is InChI=1S/C14H24N2O2/c1-10-5-6-12(18-10)13(11(2)15)16-7-8-17-9-14(16,3)4/h5-6,11,13H,7-9,15H2,1-4H3. The molecular weight excluding hydrogens is 228 g/mol. The van der Waals surface area contributed by atoms with E-state index in [0.717, 1.165) is 31.3 Å². The third-order valence-electron chi connectivity index (χ3n) is 3.60. The predicted molar refractivity (Wildman–Crippen MR) is 71.4 cm³/mol. The van der Waals surface area contributed by atoms with E-state index in [-0.39, 0.29) is 17.6 Å². The smallest absolute Gasteiger partial charge is 0.122 e. The lowest BCUT2D eigenvalue weighted by Gasteiger charge is -2.47. The van der Waals surface area contributed by atoms with Gasteiger partial charge in [0.25, 0.3) is 0 Å². The van der Waals surface area contributed by atoms with E-state index in [9.17, 15) is 0 Å². The van der Waals surface area contributed by atoms with E-state index in [2.05, 4.69) is 18.7 Å². The number of furan rings is 1. The molecule has 4 heteroatoms. The summed E-state index contributed by atoms with van der Waals surface area (Å²) in [7, 11) is 0. The van der Waals surface area contributed by atoms with Crippen LogP contribution in [-0.2, 0) is 4.74 Å². The van der Waals surface area contributed by atoms with Gasteiger partial charge in [0.2, 0.25) is 0 Å². The third-order valence-corrected chi connectivity index (χ3v) is 3.60. The SMILES string of the molecule is Cc1ccc(C(C(C)N)N2CCOCC2(C)C)o1. The van der Waals surface area contributed by atoms with Crippen LogP contribution in [-0.4, -0.2) is 36.2 Å². The molecule has 0 spiro atoms. The minimum atomic E-state index is -0.0166. The minimum Gasteiger partial charge on any atom is -0.465 e. The fourth-order valence-corrected chi connectivity index (χ4v) is 2.69. The Balaban J connectivity index is 2.30. The second kappa shape index (κ2) is 5.03. The summed E-state index contributed by atoms with van der Waals surface area (Å²) in [6, 6.07) is 4.16. The molecule has 1 saturated heterocycles. The fraction of sp³-hybridized carbons (Fsp3) is 0.714. The summed E-state index contributed by atoms with van der Waals surface area (Å²) < 4.78 is 11.4. The van der Waals surface area contributed by atoms with E-state index in [1.165, 1.54) is 0 Å². The molecule has 1 aliphatic rings. The van der Waals surface area contributed by atoms with Crippen molar-refractivity contribution in [1.29, 1.82) is 0 Å². The Morgan fingerprint density at radius 1 is 1.39 bits per heavy atom. The Kier molecular flexibility index (Phi) is 3.80. The van der Waals surface area contributed by atoms with Gasteiger partial charge in [-0.15, -0.1) is 0 Å². The molecule has 18 heavy (non-hydrogen) atoms. The molecule has 2 heterocycles. The number of hydrogen-bond donors (Lipinski definition) is 1. The Bertz CT molecular complexity index is 398. The van der Waals surface area contributed by atoms with Gasteiger partial charge in [-0.05, 0) is 39.8 Å². The highest BCUT2D eigenvalue weighted by Gasteiger charge is 2.39. The molecule has 0 radical (unpaired) electrons. The van der Waals surface area contributed by atoms with Crippen LogP contribution in [0.4, 0.5) is 0 Å². The molecule has 2 unspecified atom stereocenters. The van der Waals surface area contributed by atoms with Crippen molar-refractivity contribution in [3.05, 3.63) is 23.7 Å². The molecule has 0 saturated carbocycles. The van der Waals surface area contributed by atoms with Gasteiger partial charge in [-0.2, -0.15) is 0 Å². The Hall–Kier alpha value is -0.840. The molecule has 0 aliphatic carbocycles. The molecule has 2 rings (SSSR count). The first-order valence-electron chi connectivity index (χ1n) is 6.58. The summed E-state index contributed by atoms with van der Waals surface area (Å²) >= 11 is 0. The molecule has 0 amide bonds. The summed E-state index contributed by atoms with van der Waals surface area (Å²) in [6.07, 6.45) is 0. The lowest BCUT2D eigenvalue weighted by atomic mass is 9.95. The van der Waals surface area contributed by atoms with Gasteiger partial charge in [-0.3, -0.25) is 4.90 Å². The highest BCUT2D eigenvalue weighted by molar-refractivity contribution is 5.13. The number of morpholine rings is 1. The van der Waals surface area contributed by atoms with E-state index >= 15 is 0 Å². The Morgan fingerprint density at radius 3 is 2.61 bits per heavy atom. The Labute approximate surface area is 109 Å². The molecule has 0 aromatic carbocycles. The second-order valence-corrected chi connectivity index (χ2v) is 5.81. The number of hydrogen-bond acceptors (Lipinski definition) is 4. The van der Waals surface area contributed by atoms with E-state index in [0.29, 0.717) is 0 Å². The first-order chi connectivity index (χ1) is 8.42. The number of aryl methyl sites for hydroxylation is 1. The van der Waals surface area contributed by atoms with Crippen LogP contribution in [0, 0.1) is 6.92 Å². The van der Waals surface area contributed by atoms with Crippen LogP contribution in [0.2, 0.25) is 0 Å². The average Bonchev–Trinajstić information content (AvgIpc) is 2.67. The number of ether oxygens (including phenoxy) is 1. The molecule has 1 aromatic rings. The molecule has 4 nitrogen and oxygen atoms in total. The first kappa shape index (κ1) is 13.6. The summed E-state index contributed by atoms with van der Waals surface area (Å²) in [5.41, 5.74) is 6.17. The van der Waals surface area contributed by atoms with Crippen LogP contribution in [0.1, 0.15) is 38.3 Å². The number of nitrogens with two attached hydrogens (primary N) is 1. The maximum absolute atomic E-state index is 6.19. The maximum atomic E-state index is 6.19. The van der Waals surface area contributed by atoms with E-state index in [1.54, 1.807) is 0 Å². The van der Waals surface area contributed by atoms with Gasteiger partial charge in [0.15, 0.2) is 0 Å². The van der Waals surface area contributed by atoms with Crippen molar-refractivity contribution >= 4 is 0 Å². The molecular formula is C14H24N2O2. The van der Waals surface area contributed by atoms with Crippen molar-refractivity contribution < 1.29 is 9.15 Å². The monoisotopic (exact) mass is 252 g/mol. The van der Waals surface area contributed by atoms with Gasteiger partial charge in [-0.25, -0.2) is 0 Å². The molecule has 2 atom stereocenters. The zero-order chi connectivity index (χ0) is 13.3. The van der Waals surface area contributed by atoms with Crippen molar-refractivity contribution in [1.82, 2.24) is 4.90 Å². The highest BCUT2D eigenvalue weighted by atomic mass is 16.5. The number of nitrogens with zero attached hydrogens (tertiary/aromatic N) is 1. The fourth-order valence-electron chi connectivity index (χ4n) is 2.69. The average molecular weight is 252 g/mol. The third kappa shape index (κ3) is 2.60. The van der Waals surface area contributed by atoms with Crippen molar-refractivity contribution in [2.45, 2.75) is 45.3 Å². The van der Waals surface area contributed by atoms with Crippen molar-refractivity contribution in [2.75, 3.05) is 19.8 Å². The summed E-state index contributed by atoms with van der Waals surface area (Å²) in [5.74, 6) is 1.89. The summed E-state index contributed by atoms with van der Waals surface area (Å²) in [6.45, 7) is 10.8. The van der Waals surface area contributed by atoms with Crippen LogP contribution in [0.15, 0.2) is 16.5 Å². The topological polar surface area (TPSA) is 51.6 Å². The summed E-state index contributed by atoms with van der Waals surface area (Å²) in [4.78, 5) is 2.40. The first-order valence-corrected chi connectivity index (χ1v) is 6.58. The van der Waals surface area contributed by atoms with E-state index in [1.807, 2.05) is 26.0 Å². The lowest BCUT2D eigenvalue weighted by Crippen LogP contribution is -2.57. The zero-order valence-electron chi connectivity index (χ0n) is 11.8. The molecule has 102 valence electrons. The van der Waals surface area contributed by atoms with Crippen LogP contribution in [0.3, 0.4) is 0 Å². The second-order valence-electron chi connectivity index (χ2n) is 5.81. The molecule has 1 aromatic heterocycles. The zero-order valence-corrected chi connectivity index (χ0v) is 11.8. The van der Waals surface area contributed by atoms with Crippen LogP contribution < -0.4 is 5.73 Å². The molecule has 1 aliphatic heterocycles. The van der Waals surface area contributed by atoms with Gasteiger partial charge in [0, 0.05) is 18.1 Å². The van der Waals surface area contributed by atoms with Gasteiger partial charge < -0.3 is 14.9 Å². The van der Waals surface area contributed by atoms with Gasteiger partial charge in [0.1, 0.15) is 11.5 Å².